The van der Waals surface area contributed by atoms with Crippen molar-refractivity contribution >= 4 is 27.5 Å². The third-order valence-corrected chi connectivity index (χ3v) is 3.92. The highest BCUT2D eigenvalue weighted by molar-refractivity contribution is 9.10. The Labute approximate surface area is 129 Å². The monoisotopic (exact) mass is 341 g/mol. The standard InChI is InChI=1S/C15H24BrN3O/c1-3-5-9-19(10-6-4-2)12-7-8-13(14(16)11-12)15(17)18-20/h7-8,11,20H,3-6,9-10H2,1-2H3,(H2,17,18). The summed E-state index contributed by atoms with van der Waals surface area (Å²) < 4.78 is 0.850. The number of hydrogen-bond donors (Lipinski definition) is 2. The van der Waals surface area contributed by atoms with E-state index in [4.69, 9.17) is 10.9 Å². The van der Waals surface area contributed by atoms with Gasteiger partial charge in [0.25, 0.3) is 0 Å². The molecule has 0 unspecified atom stereocenters. The Morgan fingerprint density at radius 1 is 1.25 bits per heavy atom. The van der Waals surface area contributed by atoms with Crippen molar-refractivity contribution in [2.75, 3.05) is 18.0 Å². The summed E-state index contributed by atoms with van der Waals surface area (Å²) in [6.07, 6.45) is 4.74. The number of rotatable bonds is 8. The van der Waals surface area contributed by atoms with Crippen LogP contribution in [0.2, 0.25) is 0 Å². The Balaban J connectivity index is 2.93. The Bertz CT molecular complexity index is 441. The van der Waals surface area contributed by atoms with E-state index in [0.717, 1.165) is 17.6 Å². The fourth-order valence-corrected chi connectivity index (χ4v) is 2.60. The normalized spacial score (nSPS) is 11.7. The van der Waals surface area contributed by atoms with Gasteiger partial charge in [0.2, 0.25) is 0 Å². The van der Waals surface area contributed by atoms with E-state index in [-0.39, 0.29) is 5.84 Å². The van der Waals surface area contributed by atoms with Gasteiger partial charge < -0.3 is 15.8 Å². The third-order valence-electron chi connectivity index (χ3n) is 3.26. The molecule has 0 saturated carbocycles. The summed E-state index contributed by atoms with van der Waals surface area (Å²) in [5.74, 6) is 0.122. The lowest BCUT2D eigenvalue weighted by Crippen LogP contribution is -2.25. The van der Waals surface area contributed by atoms with Gasteiger partial charge in [0.15, 0.2) is 5.84 Å². The van der Waals surface area contributed by atoms with Gasteiger partial charge >= 0.3 is 0 Å². The molecule has 0 radical (unpaired) electrons. The van der Waals surface area contributed by atoms with Crippen LogP contribution >= 0.6 is 15.9 Å². The molecule has 0 aliphatic heterocycles. The summed E-state index contributed by atoms with van der Waals surface area (Å²) >= 11 is 3.49. The highest BCUT2D eigenvalue weighted by Crippen LogP contribution is 2.25. The summed E-state index contributed by atoms with van der Waals surface area (Å²) in [5, 5.41) is 11.8. The van der Waals surface area contributed by atoms with Crippen molar-refractivity contribution in [3.8, 4) is 0 Å². The van der Waals surface area contributed by atoms with E-state index < -0.39 is 0 Å². The van der Waals surface area contributed by atoms with Gasteiger partial charge in [-0.2, -0.15) is 0 Å². The first-order valence-corrected chi connectivity index (χ1v) is 7.95. The summed E-state index contributed by atoms with van der Waals surface area (Å²) in [5.41, 5.74) is 7.52. The first kappa shape index (κ1) is 16.8. The second kappa shape index (κ2) is 8.84. The molecule has 3 N–H and O–H groups in total. The SMILES string of the molecule is CCCCN(CCCC)c1ccc(/C(N)=N/O)c(Br)c1. The van der Waals surface area contributed by atoms with Crippen LogP contribution in [-0.4, -0.2) is 24.1 Å². The molecule has 0 amide bonds. The number of unbranched alkanes of at least 4 members (excludes halogenated alkanes) is 2. The Kier molecular flexibility index (Phi) is 7.44. The zero-order valence-corrected chi connectivity index (χ0v) is 13.9. The topological polar surface area (TPSA) is 61.8 Å². The molecule has 0 saturated heterocycles. The number of halogens is 1. The number of anilines is 1. The number of hydrogen-bond acceptors (Lipinski definition) is 3. The molecule has 0 fully saturated rings. The minimum absolute atomic E-state index is 0.122. The highest BCUT2D eigenvalue weighted by atomic mass is 79.9. The van der Waals surface area contributed by atoms with Gasteiger partial charge in [-0.05, 0) is 47.0 Å². The van der Waals surface area contributed by atoms with Crippen LogP contribution < -0.4 is 10.6 Å². The van der Waals surface area contributed by atoms with Crippen molar-refractivity contribution in [3.05, 3.63) is 28.2 Å². The second-order valence-corrected chi connectivity index (χ2v) is 5.70. The fraction of sp³-hybridized carbons (Fsp3) is 0.533. The van der Waals surface area contributed by atoms with E-state index in [2.05, 4.69) is 39.8 Å². The van der Waals surface area contributed by atoms with E-state index in [1.807, 2.05) is 18.2 Å². The number of nitrogens with zero attached hydrogens (tertiary/aromatic N) is 2. The molecule has 4 nitrogen and oxygen atoms in total. The van der Waals surface area contributed by atoms with Gasteiger partial charge in [-0.15, -0.1) is 0 Å². The first-order chi connectivity index (χ1) is 9.63. The van der Waals surface area contributed by atoms with Crippen LogP contribution in [0.4, 0.5) is 5.69 Å². The van der Waals surface area contributed by atoms with E-state index in [9.17, 15) is 0 Å². The molecule has 5 heteroatoms. The molecular weight excluding hydrogens is 318 g/mol. The maximum Gasteiger partial charge on any atom is 0.171 e. The van der Waals surface area contributed by atoms with Gasteiger partial charge in [0, 0.05) is 28.8 Å². The maximum atomic E-state index is 8.76. The van der Waals surface area contributed by atoms with Gasteiger partial charge in [0.1, 0.15) is 0 Å². The number of benzene rings is 1. The predicted octanol–water partition coefficient (Wildman–Crippen LogP) is 3.95. The molecule has 0 atom stereocenters. The van der Waals surface area contributed by atoms with Crippen LogP contribution in [-0.2, 0) is 0 Å². The molecule has 1 aromatic carbocycles. The van der Waals surface area contributed by atoms with Gasteiger partial charge in [0.05, 0.1) is 0 Å². The molecule has 0 bridgehead atoms. The highest BCUT2D eigenvalue weighted by Gasteiger charge is 2.10. The van der Waals surface area contributed by atoms with E-state index in [0.29, 0.717) is 5.56 Å². The molecule has 0 spiro atoms. The summed E-state index contributed by atoms with van der Waals surface area (Å²) in [7, 11) is 0. The molecule has 112 valence electrons. The van der Waals surface area contributed by atoms with Crippen molar-refractivity contribution in [3.63, 3.8) is 0 Å². The average Bonchev–Trinajstić information content (AvgIpc) is 2.46. The molecule has 0 aliphatic carbocycles. The van der Waals surface area contributed by atoms with Crippen LogP contribution in [0.25, 0.3) is 0 Å². The molecule has 1 aromatic rings. The van der Waals surface area contributed by atoms with Gasteiger partial charge in [-0.3, -0.25) is 0 Å². The Morgan fingerprint density at radius 2 is 1.85 bits per heavy atom. The van der Waals surface area contributed by atoms with Crippen molar-refractivity contribution < 1.29 is 5.21 Å². The fourth-order valence-electron chi connectivity index (χ4n) is 2.03. The van der Waals surface area contributed by atoms with Crippen molar-refractivity contribution in [2.45, 2.75) is 39.5 Å². The zero-order valence-electron chi connectivity index (χ0n) is 12.3. The number of oxime groups is 1. The van der Waals surface area contributed by atoms with Crippen molar-refractivity contribution in [2.24, 2.45) is 10.9 Å². The number of nitrogens with two attached hydrogens (primary N) is 1. The molecule has 0 aliphatic rings. The minimum Gasteiger partial charge on any atom is -0.409 e. The quantitative estimate of drug-likeness (QED) is 0.325. The van der Waals surface area contributed by atoms with E-state index in [1.165, 1.54) is 31.4 Å². The van der Waals surface area contributed by atoms with Crippen LogP contribution in [0, 0.1) is 0 Å². The van der Waals surface area contributed by atoms with E-state index >= 15 is 0 Å². The van der Waals surface area contributed by atoms with Crippen LogP contribution in [0.5, 0.6) is 0 Å². The average molecular weight is 342 g/mol. The summed E-state index contributed by atoms with van der Waals surface area (Å²) in [6.45, 7) is 6.53. The predicted molar refractivity (Wildman–Crippen MR) is 88.7 cm³/mol. The van der Waals surface area contributed by atoms with Crippen molar-refractivity contribution in [1.82, 2.24) is 0 Å². The lowest BCUT2D eigenvalue weighted by Gasteiger charge is -2.25. The smallest absolute Gasteiger partial charge is 0.171 e. The van der Waals surface area contributed by atoms with Crippen LogP contribution in [0.15, 0.2) is 27.8 Å². The molecule has 0 aromatic heterocycles. The van der Waals surface area contributed by atoms with Gasteiger partial charge in [-0.25, -0.2) is 0 Å². The number of amidine groups is 1. The second-order valence-electron chi connectivity index (χ2n) is 4.84. The maximum absolute atomic E-state index is 8.76. The first-order valence-electron chi connectivity index (χ1n) is 7.16. The summed E-state index contributed by atoms with van der Waals surface area (Å²) in [4.78, 5) is 2.40. The molecule has 0 heterocycles. The zero-order chi connectivity index (χ0) is 15.0. The third kappa shape index (κ3) is 4.71. The molecular formula is C15H24BrN3O. The van der Waals surface area contributed by atoms with Gasteiger partial charge in [-0.1, -0.05) is 31.8 Å². The van der Waals surface area contributed by atoms with Crippen molar-refractivity contribution in [1.29, 1.82) is 0 Å². The largest absolute Gasteiger partial charge is 0.409 e. The lowest BCUT2D eigenvalue weighted by atomic mass is 10.1. The molecule has 20 heavy (non-hydrogen) atoms. The summed E-state index contributed by atoms with van der Waals surface area (Å²) in [6, 6.07) is 5.96. The minimum atomic E-state index is 0.122. The Hall–Kier alpha value is -1.23. The van der Waals surface area contributed by atoms with Crippen LogP contribution in [0.1, 0.15) is 45.1 Å². The van der Waals surface area contributed by atoms with Crippen LogP contribution in [0.3, 0.4) is 0 Å². The lowest BCUT2D eigenvalue weighted by molar-refractivity contribution is 0.318. The molecule has 1 rings (SSSR count). The Morgan fingerprint density at radius 3 is 2.30 bits per heavy atom. The van der Waals surface area contributed by atoms with E-state index in [1.54, 1.807) is 0 Å².